The first-order chi connectivity index (χ1) is 7.27. The highest BCUT2D eigenvalue weighted by atomic mass is 16.6. The van der Waals surface area contributed by atoms with Crippen LogP contribution in [0.15, 0.2) is 4.52 Å². The molecule has 1 aliphatic heterocycles. The van der Waals surface area contributed by atoms with Crippen LogP contribution in [-0.2, 0) is 18.3 Å². The number of hydrogen-bond donors (Lipinski definition) is 1. The van der Waals surface area contributed by atoms with Crippen molar-refractivity contribution in [3.63, 3.8) is 0 Å². The Morgan fingerprint density at radius 3 is 3.13 bits per heavy atom. The third-order valence-electron chi connectivity index (χ3n) is 2.56. The second-order valence-electron chi connectivity index (χ2n) is 3.70. The molecule has 2 rings (SSSR count). The van der Waals surface area contributed by atoms with Crippen molar-refractivity contribution in [1.29, 1.82) is 0 Å². The van der Waals surface area contributed by atoms with Crippen LogP contribution in [0.1, 0.15) is 18.5 Å². The fraction of sp³-hybridized carbons (Fsp3) is 0.778. The Balaban J connectivity index is 1.77. The van der Waals surface area contributed by atoms with Crippen LogP contribution in [0.4, 0.5) is 0 Å². The van der Waals surface area contributed by atoms with Gasteiger partial charge in [0, 0.05) is 13.2 Å². The lowest BCUT2D eigenvalue weighted by Gasteiger charge is -2.08. The second kappa shape index (κ2) is 4.59. The standard InChI is InChI=1S/C9H15N3O3/c1-12-8(9(13)15-11-12)6-10-5-7-3-2-4-14-7/h7,10H,2-6H2,1H3. The number of ether oxygens (including phenoxy) is 1. The van der Waals surface area contributed by atoms with Gasteiger partial charge in [-0.25, -0.2) is 0 Å². The molecule has 0 spiro atoms. The van der Waals surface area contributed by atoms with Crippen LogP contribution >= 0.6 is 0 Å². The summed E-state index contributed by atoms with van der Waals surface area (Å²) in [7, 11) is 1.69. The second-order valence-corrected chi connectivity index (χ2v) is 3.70. The SMILES string of the molecule is C[n+]1noc([O-])c1CNCC1CCCO1. The third kappa shape index (κ3) is 2.45. The normalized spacial score (nSPS) is 21.0. The zero-order chi connectivity index (χ0) is 10.7. The van der Waals surface area contributed by atoms with Gasteiger partial charge in [0.05, 0.1) is 17.9 Å². The summed E-state index contributed by atoms with van der Waals surface area (Å²) in [6.45, 7) is 2.09. The smallest absolute Gasteiger partial charge is 0.246 e. The van der Waals surface area contributed by atoms with Gasteiger partial charge < -0.3 is 19.7 Å². The van der Waals surface area contributed by atoms with Crippen molar-refractivity contribution in [2.24, 2.45) is 7.05 Å². The number of aryl methyl sites for hydroxylation is 1. The number of hydrogen-bond acceptors (Lipinski definition) is 5. The van der Waals surface area contributed by atoms with Gasteiger partial charge in [0.15, 0.2) is 13.0 Å². The highest BCUT2D eigenvalue weighted by Crippen LogP contribution is 2.11. The lowest BCUT2D eigenvalue weighted by atomic mass is 10.2. The highest BCUT2D eigenvalue weighted by Gasteiger charge is 2.17. The molecule has 0 aliphatic carbocycles. The van der Waals surface area contributed by atoms with Gasteiger partial charge in [-0.1, -0.05) is 4.68 Å². The molecule has 15 heavy (non-hydrogen) atoms. The Morgan fingerprint density at radius 2 is 2.53 bits per heavy atom. The Bertz CT molecular complexity index is 301. The maximum absolute atomic E-state index is 11.1. The van der Waals surface area contributed by atoms with Crippen molar-refractivity contribution in [2.45, 2.75) is 25.5 Å². The fourth-order valence-electron chi connectivity index (χ4n) is 1.68. The molecule has 0 bridgehead atoms. The van der Waals surface area contributed by atoms with Crippen LogP contribution in [0, 0.1) is 0 Å². The topological polar surface area (TPSA) is 74.2 Å². The maximum Gasteiger partial charge on any atom is 0.246 e. The number of aromatic nitrogens is 2. The summed E-state index contributed by atoms with van der Waals surface area (Å²) in [4.78, 5) is 0. The molecule has 0 amide bonds. The first-order valence-electron chi connectivity index (χ1n) is 5.11. The molecule has 0 saturated carbocycles. The first-order valence-corrected chi connectivity index (χ1v) is 5.11. The molecule has 6 nitrogen and oxygen atoms in total. The third-order valence-corrected chi connectivity index (χ3v) is 2.56. The van der Waals surface area contributed by atoms with Crippen LogP contribution in [-0.4, -0.2) is 24.5 Å². The predicted molar refractivity (Wildman–Crippen MR) is 47.8 cm³/mol. The first kappa shape index (κ1) is 10.4. The number of nitrogens with zero attached hydrogens (tertiary/aromatic N) is 2. The van der Waals surface area contributed by atoms with E-state index in [1.54, 1.807) is 7.05 Å². The van der Waals surface area contributed by atoms with Gasteiger partial charge >= 0.3 is 0 Å². The molecule has 1 saturated heterocycles. The summed E-state index contributed by atoms with van der Waals surface area (Å²) >= 11 is 0. The van der Waals surface area contributed by atoms with Crippen molar-refractivity contribution in [3.05, 3.63) is 5.69 Å². The van der Waals surface area contributed by atoms with Crippen LogP contribution in [0.2, 0.25) is 0 Å². The quantitative estimate of drug-likeness (QED) is 0.639. The van der Waals surface area contributed by atoms with Gasteiger partial charge in [-0.05, 0) is 12.8 Å². The average molecular weight is 213 g/mol. The molecule has 1 aromatic rings. The Morgan fingerprint density at radius 1 is 1.67 bits per heavy atom. The molecule has 84 valence electrons. The molecular formula is C9H15N3O3. The van der Waals surface area contributed by atoms with E-state index in [1.807, 2.05) is 0 Å². The van der Waals surface area contributed by atoms with Crippen molar-refractivity contribution < 1.29 is 19.0 Å². The van der Waals surface area contributed by atoms with Crippen LogP contribution < -0.4 is 15.1 Å². The predicted octanol–water partition coefficient (Wildman–Crippen LogP) is -1.16. The van der Waals surface area contributed by atoms with Crippen LogP contribution in [0.5, 0.6) is 5.95 Å². The van der Waals surface area contributed by atoms with Crippen LogP contribution in [0.3, 0.4) is 0 Å². The molecule has 2 heterocycles. The van der Waals surface area contributed by atoms with Crippen molar-refractivity contribution in [3.8, 4) is 5.95 Å². The molecule has 6 heteroatoms. The fourth-order valence-corrected chi connectivity index (χ4v) is 1.68. The molecular weight excluding hydrogens is 198 g/mol. The lowest BCUT2D eigenvalue weighted by molar-refractivity contribution is -0.746. The lowest BCUT2D eigenvalue weighted by Crippen LogP contribution is -2.38. The maximum atomic E-state index is 11.1. The average Bonchev–Trinajstić information content (AvgIpc) is 2.82. The van der Waals surface area contributed by atoms with E-state index >= 15 is 0 Å². The van der Waals surface area contributed by atoms with Gasteiger partial charge in [-0.3, -0.25) is 0 Å². The van der Waals surface area contributed by atoms with Gasteiger partial charge in [-0.15, -0.1) is 0 Å². The monoisotopic (exact) mass is 213 g/mol. The summed E-state index contributed by atoms with van der Waals surface area (Å²) in [6.07, 6.45) is 2.50. The molecule has 1 unspecified atom stereocenters. The zero-order valence-electron chi connectivity index (χ0n) is 8.73. The minimum Gasteiger partial charge on any atom is -0.539 e. The Labute approximate surface area is 87.8 Å². The number of nitrogens with one attached hydrogen (secondary N) is 1. The van der Waals surface area contributed by atoms with Gasteiger partial charge in [0.2, 0.25) is 5.69 Å². The molecule has 0 aromatic carbocycles. The van der Waals surface area contributed by atoms with Gasteiger partial charge in [0.1, 0.15) is 0 Å². The molecule has 1 atom stereocenters. The van der Waals surface area contributed by atoms with Crippen molar-refractivity contribution in [1.82, 2.24) is 10.6 Å². The van der Waals surface area contributed by atoms with E-state index in [1.165, 1.54) is 4.68 Å². The minimum atomic E-state index is -0.377. The zero-order valence-corrected chi connectivity index (χ0v) is 8.73. The van der Waals surface area contributed by atoms with Crippen molar-refractivity contribution in [2.75, 3.05) is 13.2 Å². The minimum absolute atomic E-state index is 0.283. The molecule has 1 fully saturated rings. The molecule has 1 aromatic heterocycles. The Hall–Kier alpha value is -1.14. The summed E-state index contributed by atoms with van der Waals surface area (Å²) in [6, 6.07) is 0. The van der Waals surface area contributed by atoms with E-state index in [0.29, 0.717) is 12.2 Å². The number of rotatable bonds is 4. The van der Waals surface area contributed by atoms with Gasteiger partial charge in [-0.2, -0.15) is 0 Å². The van der Waals surface area contributed by atoms with E-state index in [4.69, 9.17) is 4.74 Å². The van der Waals surface area contributed by atoms with E-state index in [0.717, 1.165) is 26.0 Å². The highest BCUT2D eigenvalue weighted by molar-refractivity contribution is 5.02. The molecule has 1 N–H and O–H groups in total. The van der Waals surface area contributed by atoms with Gasteiger partial charge in [0.25, 0.3) is 0 Å². The summed E-state index contributed by atoms with van der Waals surface area (Å²) < 4.78 is 11.4. The summed E-state index contributed by atoms with van der Waals surface area (Å²) in [5.41, 5.74) is 0.535. The van der Waals surface area contributed by atoms with E-state index in [9.17, 15) is 5.11 Å². The molecule has 0 radical (unpaired) electrons. The van der Waals surface area contributed by atoms with Crippen LogP contribution in [0.25, 0.3) is 0 Å². The van der Waals surface area contributed by atoms with E-state index in [-0.39, 0.29) is 12.1 Å². The molecule has 1 aliphatic rings. The van der Waals surface area contributed by atoms with E-state index in [2.05, 4.69) is 15.1 Å². The Kier molecular flexibility index (Phi) is 3.17. The summed E-state index contributed by atoms with van der Waals surface area (Å²) in [5, 5.41) is 17.8. The largest absolute Gasteiger partial charge is 0.539 e. The summed E-state index contributed by atoms with van der Waals surface area (Å²) in [5.74, 6) is -0.377. The van der Waals surface area contributed by atoms with E-state index < -0.39 is 0 Å². The van der Waals surface area contributed by atoms with Crippen molar-refractivity contribution >= 4 is 0 Å².